The number of halogens is 2. The summed E-state index contributed by atoms with van der Waals surface area (Å²) in [6, 6.07) is 19.0. The summed E-state index contributed by atoms with van der Waals surface area (Å²) in [5, 5.41) is 5.84. The molecule has 0 atom stereocenters. The fraction of sp³-hybridized carbons (Fsp3) is 0.143. The second kappa shape index (κ2) is 11.9. The van der Waals surface area contributed by atoms with Crippen LogP contribution in [0.15, 0.2) is 83.5 Å². The van der Waals surface area contributed by atoms with E-state index in [0.29, 0.717) is 34.1 Å². The number of nitrogens with one attached hydrogen (secondary N) is 2. The molecular weight excluding hydrogens is 529 g/mol. The number of hydrogen-bond acceptors (Lipinski definition) is 6. The molecule has 0 aromatic heterocycles. The highest BCUT2D eigenvalue weighted by molar-refractivity contribution is 6.53. The van der Waals surface area contributed by atoms with Gasteiger partial charge in [0.1, 0.15) is 10.7 Å². The highest BCUT2D eigenvalue weighted by atomic mass is 35.5. The third kappa shape index (κ3) is 6.04. The average Bonchev–Trinajstić information content (AvgIpc) is 3.12. The molecule has 3 aromatic carbocycles. The van der Waals surface area contributed by atoms with Crippen LogP contribution in [0.2, 0.25) is 5.02 Å². The van der Waals surface area contributed by atoms with E-state index in [1.165, 1.54) is 24.3 Å². The predicted octanol–water partition coefficient (Wildman–Crippen LogP) is 5.98. The van der Waals surface area contributed by atoms with Crippen molar-refractivity contribution >= 4 is 64.0 Å². The summed E-state index contributed by atoms with van der Waals surface area (Å²) < 4.78 is 5.18. The Morgan fingerprint density at radius 1 is 0.868 bits per heavy atom. The number of rotatable bonds is 9. The summed E-state index contributed by atoms with van der Waals surface area (Å²) in [5.41, 5.74) is 1.84. The van der Waals surface area contributed by atoms with E-state index < -0.39 is 17.8 Å². The molecule has 0 aliphatic carbocycles. The van der Waals surface area contributed by atoms with Crippen LogP contribution in [0.3, 0.4) is 0 Å². The summed E-state index contributed by atoms with van der Waals surface area (Å²) in [5.74, 6) is -2.17. The minimum Gasteiger partial charge on any atom is -0.462 e. The second-order valence-electron chi connectivity index (χ2n) is 8.34. The van der Waals surface area contributed by atoms with Crippen LogP contribution in [-0.4, -0.2) is 30.3 Å². The van der Waals surface area contributed by atoms with E-state index in [1.807, 2.05) is 6.92 Å². The van der Waals surface area contributed by atoms with Gasteiger partial charge in [-0.1, -0.05) is 42.6 Å². The predicted molar refractivity (Wildman–Crippen MR) is 146 cm³/mol. The topological polar surface area (TPSA) is 105 Å². The Kier molecular flexibility index (Phi) is 8.45. The minimum absolute atomic E-state index is 0.101. The van der Waals surface area contributed by atoms with Crippen molar-refractivity contribution in [1.82, 2.24) is 0 Å². The van der Waals surface area contributed by atoms with Crippen molar-refractivity contribution in [3.63, 3.8) is 0 Å². The fourth-order valence-corrected chi connectivity index (χ4v) is 4.01. The van der Waals surface area contributed by atoms with Crippen LogP contribution in [0.5, 0.6) is 0 Å². The number of esters is 1. The van der Waals surface area contributed by atoms with E-state index in [4.69, 9.17) is 27.9 Å². The van der Waals surface area contributed by atoms with Gasteiger partial charge in [0.05, 0.1) is 17.9 Å². The number of imide groups is 1. The van der Waals surface area contributed by atoms with Gasteiger partial charge in [-0.3, -0.25) is 14.4 Å². The van der Waals surface area contributed by atoms with E-state index in [2.05, 4.69) is 10.6 Å². The van der Waals surface area contributed by atoms with Crippen LogP contribution in [0, 0.1) is 0 Å². The van der Waals surface area contributed by atoms with Crippen molar-refractivity contribution in [2.75, 3.05) is 22.1 Å². The van der Waals surface area contributed by atoms with Gasteiger partial charge in [-0.25, -0.2) is 9.69 Å². The van der Waals surface area contributed by atoms with Crippen molar-refractivity contribution < 1.29 is 23.9 Å². The van der Waals surface area contributed by atoms with Crippen molar-refractivity contribution in [1.29, 1.82) is 0 Å². The monoisotopic (exact) mass is 551 g/mol. The number of anilines is 3. The van der Waals surface area contributed by atoms with Crippen molar-refractivity contribution in [2.24, 2.45) is 0 Å². The maximum Gasteiger partial charge on any atom is 0.338 e. The first-order valence-electron chi connectivity index (χ1n) is 11.8. The van der Waals surface area contributed by atoms with Gasteiger partial charge in [-0.05, 0) is 73.2 Å². The van der Waals surface area contributed by atoms with E-state index in [1.54, 1.807) is 48.5 Å². The lowest BCUT2D eigenvalue weighted by atomic mass is 10.2. The van der Waals surface area contributed by atoms with Gasteiger partial charge in [0.15, 0.2) is 0 Å². The first-order chi connectivity index (χ1) is 18.3. The lowest BCUT2D eigenvalue weighted by Gasteiger charge is -2.15. The molecule has 4 rings (SSSR count). The van der Waals surface area contributed by atoms with E-state index in [-0.39, 0.29) is 22.3 Å². The number of carbonyl (C=O) groups excluding carboxylic acids is 4. The number of benzene rings is 3. The third-order valence-corrected chi connectivity index (χ3v) is 6.20. The Morgan fingerprint density at radius 3 is 2.21 bits per heavy atom. The van der Waals surface area contributed by atoms with Gasteiger partial charge in [0, 0.05) is 22.0 Å². The molecule has 0 saturated heterocycles. The first-order valence-corrected chi connectivity index (χ1v) is 12.5. The Balaban J connectivity index is 1.42. The molecule has 0 bridgehead atoms. The Morgan fingerprint density at radius 2 is 1.55 bits per heavy atom. The first kappa shape index (κ1) is 26.9. The van der Waals surface area contributed by atoms with Gasteiger partial charge in [-0.2, -0.15) is 0 Å². The zero-order chi connectivity index (χ0) is 27.2. The summed E-state index contributed by atoms with van der Waals surface area (Å²) in [6.07, 6.45) is 1.67. The molecule has 0 saturated carbocycles. The minimum atomic E-state index is -0.699. The zero-order valence-corrected chi connectivity index (χ0v) is 21.8. The molecule has 1 aliphatic heterocycles. The van der Waals surface area contributed by atoms with Gasteiger partial charge in [-0.15, -0.1) is 0 Å². The molecule has 0 radical (unpaired) electrons. The van der Waals surface area contributed by atoms with E-state index in [9.17, 15) is 19.2 Å². The molecular formula is C28H23Cl2N3O5. The lowest BCUT2D eigenvalue weighted by molar-refractivity contribution is -0.120. The molecule has 0 spiro atoms. The van der Waals surface area contributed by atoms with E-state index in [0.717, 1.165) is 17.7 Å². The number of amides is 3. The summed E-state index contributed by atoms with van der Waals surface area (Å²) in [4.78, 5) is 51.4. The molecule has 3 aromatic rings. The third-order valence-electron chi connectivity index (χ3n) is 5.62. The van der Waals surface area contributed by atoms with Crippen molar-refractivity contribution in [3.8, 4) is 0 Å². The average molecular weight is 552 g/mol. The highest BCUT2D eigenvalue weighted by Crippen LogP contribution is 2.30. The molecule has 194 valence electrons. The van der Waals surface area contributed by atoms with Crippen LogP contribution in [0.4, 0.5) is 17.1 Å². The highest BCUT2D eigenvalue weighted by Gasteiger charge is 2.39. The molecule has 38 heavy (non-hydrogen) atoms. The smallest absolute Gasteiger partial charge is 0.338 e. The summed E-state index contributed by atoms with van der Waals surface area (Å²) in [6.45, 7) is 2.31. The van der Waals surface area contributed by atoms with Crippen molar-refractivity contribution in [2.45, 2.75) is 19.8 Å². The molecule has 3 amide bonds. The fourth-order valence-electron chi connectivity index (χ4n) is 3.60. The van der Waals surface area contributed by atoms with Gasteiger partial charge in [0.2, 0.25) is 0 Å². The quantitative estimate of drug-likeness (QED) is 0.192. The Labute approximate surface area is 229 Å². The van der Waals surface area contributed by atoms with Gasteiger partial charge in [0.25, 0.3) is 17.7 Å². The molecule has 1 heterocycles. The Hall–Kier alpha value is -4.14. The number of ether oxygens (including phenoxy) is 1. The van der Waals surface area contributed by atoms with Crippen LogP contribution >= 0.6 is 23.2 Å². The molecule has 1 aliphatic rings. The number of nitrogens with zero attached hydrogens (tertiary/aromatic N) is 1. The van der Waals surface area contributed by atoms with Gasteiger partial charge < -0.3 is 15.4 Å². The molecule has 0 fully saturated rings. The van der Waals surface area contributed by atoms with Crippen LogP contribution in [0.1, 0.15) is 40.5 Å². The van der Waals surface area contributed by atoms with Crippen LogP contribution < -0.4 is 15.5 Å². The van der Waals surface area contributed by atoms with Gasteiger partial charge >= 0.3 is 5.97 Å². The molecule has 0 unspecified atom stereocenters. The molecule has 2 N–H and O–H groups in total. The van der Waals surface area contributed by atoms with Crippen LogP contribution in [-0.2, 0) is 14.3 Å². The van der Waals surface area contributed by atoms with Crippen molar-refractivity contribution in [3.05, 3.63) is 99.7 Å². The van der Waals surface area contributed by atoms with Crippen LogP contribution in [0.25, 0.3) is 0 Å². The zero-order valence-electron chi connectivity index (χ0n) is 20.3. The maximum atomic E-state index is 13.1. The largest absolute Gasteiger partial charge is 0.462 e. The normalized spacial score (nSPS) is 13.1. The van der Waals surface area contributed by atoms with E-state index >= 15 is 0 Å². The number of unbranched alkanes of at least 4 members (excludes halogenated alkanes) is 1. The molecule has 10 heteroatoms. The lowest BCUT2D eigenvalue weighted by Crippen LogP contribution is -2.32. The summed E-state index contributed by atoms with van der Waals surface area (Å²) >= 11 is 12.2. The number of hydrogen-bond donors (Lipinski definition) is 2. The Bertz CT molecular complexity index is 1420. The standard InChI is InChI=1S/C28H23Cl2N3O5/c1-2-3-15-38-28(37)18-9-13-22(14-10-18)33-26(35)23(30)24(27(33)36)31-20-11-7-17(8-12-20)25(34)32-21-6-4-5-19(29)16-21/h4-14,16,31H,2-3,15H2,1H3,(H,32,34). The number of carbonyl (C=O) groups is 4. The second-order valence-corrected chi connectivity index (χ2v) is 9.15. The maximum absolute atomic E-state index is 13.1. The molecule has 8 nitrogen and oxygen atoms in total. The summed E-state index contributed by atoms with van der Waals surface area (Å²) in [7, 11) is 0. The SMILES string of the molecule is CCCCOC(=O)c1ccc(N2C(=O)C(Cl)=C(Nc3ccc(C(=O)Nc4cccc(Cl)c4)cc3)C2=O)cc1.